The fourth-order valence-electron chi connectivity index (χ4n) is 2.96. The van der Waals surface area contributed by atoms with Gasteiger partial charge in [0.2, 0.25) is 0 Å². The second-order valence-corrected chi connectivity index (χ2v) is 6.05. The number of hydrogen-bond donors (Lipinski definition) is 1. The number of amides is 1. The van der Waals surface area contributed by atoms with Crippen molar-refractivity contribution >= 4 is 11.6 Å². The number of aromatic nitrogens is 5. The number of fused-ring (bicyclic) bond motifs is 1. The minimum absolute atomic E-state index is 0.156. The first kappa shape index (κ1) is 16.0. The van der Waals surface area contributed by atoms with Crippen LogP contribution >= 0.6 is 0 Å². The van der Waals surface area contributed by atoms with E-state index in [0.717, 1.165) is 22.6 Å². The summed E-state index contributed by atoms with van der Waals surface area (Å²) in [6.45, 7) is 2.24. The van der Waals surface area contributed by atoms with E-state index in [4.69, 9.17) is 0 Å². The van der Waals surface area contributed by atoms with E-state index in [1.807, 2.05) is 56.6 Å². The highest BCUT2D eigenvalue weighted by Gasteiger charge is 2.16. The third kappa shape index (κ3) is 2.83. The van der Waals surface area contributed by atoms with Crippen molar-refractivity contribution in [3.8, 4) is 11.4 Å². The maximum atomic E-state index is 12.6. The minimum atomic E-state index is -0.156. The smallest absolute Gasteiger partial charge is 0.270 e. The number of rotatable bonds is 4. The Balaban J connectivity index is 1.49. The van der Waals surface area contributed by atoms with Crippen molar-refractivity contribution in [3.63, 3.8) is 0 Å². The van der Waals surface area contributed by atoms with Crippen LogP contribution in [0.25, 0.3) is 17.0 Å². The number of aryl methyl sites for hydroxylation is 2. The van der Waals surface area contributed by atoms with E-state index in [9.17, 15) is 4.79 Å². The first-order valence-corrected chi connectivity index (χ1v) is 8.28. The monoisotopic (exact) mass is 346 g/mol. The van der Waals surface area contributed by atoms with Crippen LogP contribution in [-0.2, 0) is 13.6 Å². The lowest BCUT2D eigenvalue weighted by Gasteiger charge is -2.07. The summed E-state index contributed by atoms with van der Waals surface area (Å²) in [6, 6.07) is 11.5. The van der Waals surface area contributed by atoms with Gasteiger partial charge in [-0.2, -0.15) is 5.10 Å². The Labute approximate surface area is 150 Å². The quantitative estimate of drug-likeness (QED) is 0.615. The molecule has 0 aromatic carbocycles. The molecule has 0 bridgehead atoms. The number of carbonyl (C=O) groups excluding carboxylic acids is 1. The van der Waals surface area contributed by atoms with Crippen LogP contribution in [0.5, 0.6) is 0 Å². The summed E-state index contributed by atoms with van der Waals surface area (Å²) >= 11 is 0. The zero-order valence-electron chi connectivity index (χ0n) is 14.5. The van der Waals surface area contributed by atoms with Crippen molar-refractivity contribution in [2.24, 2.45) is 7.05 Å². The Morgan fingerprint density at radius 1 is 1.19 bits per heavy atom. The van der Waals surface area contributed by atoms with Gasteiger partial charge in [-0.15, -0.1) is 0 Å². The van der Waals surface area contributed by atoms with Gasteiger partial charge in [0.05, 0.1) is 17.1 Å². The molecular formula is C19H18N6O. The lowest BCUT2D eigenvalue weighted by molar-refractivity contribution is 0.0944. The summed E-state index contributed by atoms with van der Waals surface area (Å²) in [7, 11) is 1.88. The predicted octanol–water partition coefficient (Wildman–Crippen LogP) is 2.37. The van der Waals surface area contributed by atoms with Gasteiger partial charge in [0, 0.05) is 32.2 Å². The van der Waals surface area contributed by atoms with Crippen LogP contribution in [-0.4, -0.2) is 30.1 Å². The molecule has 0 aliphatic rings. The Kier molecular flexibility index (Phi) is 3.96. The van der Waals surface area contributed by atoms with E-state index in [2.05, 4.69) is 20.4 Å². The van der Waals surface area contributed by atoms with Gasteiger partial charge in [0.25, 0.3) is 5.91 Å². The van der Waals surface area contributed by atoms with Gasteiger partial charge in [-0.3, -0.25) is 18.9 Å². The highest BCUT2D eigenvalue weighted by molar-refractivity contribution is 5.94. The Hall–Kier alpha value is -3.48. The molecule has 0 fully saturated rings. The molecule has 0 atom stereocenters. The standard InChI is InChI=1S/C19H18N6O/c1-13-18(25-10-4-3-5-17(25)23-13)19(26)21-12-14-6-7-15(20-11-14)16-8-9-22-24(16)2/h3-11H,12H2,1-2H3,(H,21,26). The lowest BCUT2D eigenvalue weighted by atomic mass is 10.2. The molecule has 4 aromatic heterocycles. The number of carbonyl (C=O) groups is 1. The van der Waals surface area contributed by atoms with Gasteiger partial charge >= 0.3 is 0 Å². The summed E-state index contributed by atoms with van der Waals surface area (Å²) in [6.07, 6.45) is 5.35. The molecule has 1 amide bonds. The minimum Gasteiger partial charge on any atom is -0.347 e. The zero-order valence-corrected chi connectivity index (χ0v) is 14.5. The summed E-state index contributed by atoms with van der Waals surface area (Å²) in [5, 5.41) is 7.09. The van der Waals surface area contributed by atoms with Crippen molar-refractivity contribution in [2.45, 2.75) is 13.5 Å². The molecule has 0 radical (unpaired) electrons. The third-order valence-corrected chi connectivity index (χ3v) is 4.28. The van der Waals surface area contributed by atoms with Crippen LogP contribution in [0.3, 0.4) is 0 Å². The first-order chi connectivity index (χ1) is 12.6. The van der Waals surface area contributed by atoms with Crippen LogP contribution in [0.15, 0.2) is 55.0 Å². The number of nitrogens with zero attached hydrogens (tertiary/aromatic N) is 5. The fourth-order valence-corrected chi connectivity index (χ4v) is 2.96. The van der Waals surface area contributed by atoms with Crippen LogP contribution in [0.1, 0.15) is 21.7 Å². The number of pyridine rings is 2. The molecule has 4 aromatic rings. The van der Waals surface area contributed by atoms with Crippen LogP contribution in [0.2, 0.25) is 0 Å². The van der Waals surface area contributed by atoms with E-state index in [0.29, 0.717) is 17.9 Å². The molecule has 0 saturated carbocycles. The molecule has 0 aliphatic heterocycles. The third-order valence-electron chi connectivity index (χ3n) is 4.28. The molecule has 0 aliphatic carbocycles. The Bertz CT molecular complexity index is 1080. The SMILES string of the molecule is Cc1nc2ccccn2c1C(=O)NCc1ccc(-c2ccnn2C)nc1. The second kappa shape index (κ2) is 6.44. The molecule has 4 heterocycles. The number of hydrogen-bond acceptors (Lipinski definition) is 4. The van der Waals surface area contributed by atoms with Crippen molar-refractivity contribution < 1.29 is 4.79 Å². The molecular weight excluding hydrogens is 328 g/mol. The maximum Gasteiger partial charge on any atom is 0.270 e. The van der Waals surface area contributed by atoms with Crippen molar-refractivity contribution in [2.75, 3.05) is 0 Å². The molecule has 0 unspecified atom stereocenters. The van der Waals surface area contributed by atoms with E-state index in [-0.39, 0.29) is 5.91 Å². The average Bonchev–Trinajstić information content (AvgIpc) is 3.22. The molecule has 1 N–H and O–H groups in total. The highest BCUT2D eigenvalue weighted by atomic mass is 16.1. The van der Waals surface area contributed by atoms with Crippen LogP contribution in [0.4, 0.5) is 0 Å². The Morgan fingerprint density at radius 3 is 2.81 bits per heavy atom. The number of imidazole rings is 1. The molecule has 0 spiro atoms. The summed E-state index contributed by atoms with van der Waals surface area (Å²) < 4.78 is 3.58. The van der Waals surface area contributed by atoms with Gasteiger partial charge in [-0.25, -0.2) is 4.98 Å². The van der Waals surface area contributed by atoms with Gasteiger partial charge in [0.15, 0.2) is 0 Å². The molecule has 7 nitrogen and oxygen atoms in total. The largest absolute Gasteiger partial charge is 0.347 e. The first-order valence-electron chi connectivity index (χ1n) is 8.28. The number of nitrogens with one attached hydrogen (secondary N) is 1. The summed E-state index contributed by atoms with van der Waals surface area (Å²) in [5.41, 5.74) is 4.74. The molecule has 7 heteroatoms. The summed E-state index contributed by atoms with van der Waals surface area (Å²) in [5.74, 6) is -0.156. The van der Waals surface area contributed by atoms with E-state index in [1.165, 1.54) is 0 Å². The van der Waals surface area contributed by atoms with Gasteiger partial charge in [-0.05, 0) is 36.8 Å². The summed E-state index contributed by atoms with van der Waals surface area (Å²) in [4.78, 5) is 21.5. The van der Waals surface area contributed by atoms with E-state index in [1.54, 1.807) is 21.5 Å². The van der Waals surface area contributed by atoms with Crippen LogP contribution < -0.4 is 5.32 Å². The predicted molar refractivity (Wildman–Crippen MR) is 97.5 cm³/mol. The van der Waals surface area contributed by atoms with E-state index >= 15 is 0 Å². The van der Waals surface area contributed by atoms with E-state index < -0.39 is 0 Å². The average molecular weight is 346 g/mol. The molecule has 4 rings (SSSR count). The molecule has 130 valence electrons. The second-order valence-electron chi connectivity index (χ2n) is 6.05. The maximum absolute atomic E-state index is 12.6. The van der Waals surface area contributed by atoms with Gasteiger partial charge < -0.3 is 5.32 Å². The highest BCUT2D eigenvalue weighted by Crippen LogP contribution is 2.16. The van der Waals surface area contributed by atoms with Gasteiger partial charge in [-0.1, -0.05) is 12.1 Å². The van der Waals surface area contributed by atoms with Crippen LogP contribution in [0, 0.1) is 6.92 Å². The Morgan fingerprint density at radius 2 is 2.08 bits per heavy atom. The topological polar surface area (TPSA) is 77.1 Å². The van der Waals surface area contributed by atoms with Crippen molar-refractivity contribution in [1.82, 2.24) is 29.5 Å². The van der Waals surface area contributed by atoms with Gasteiger partial charge in [0.1, 0.15) is 11.3 Å². The molecule has 26 heavy (non-hydrogen) atoms. The van der Waals surface area contributed by atoms with Crippen molar-refractivity contribution in [3.05, 3.63) is 71.9 Å². The zero-order chi connectivity index (χ0) is 18.1. The lowest BCUT2D eigenvalue weighted by Crippen LogP contribution is -2.25. The van der Waals surface area contributed by atoms with Crippen molar-refractivity contribution in [1.29, 1.82) is 0 Å². The normalized spacial score (nSPS) is 11.0. The molecule has 0 saturated heterocycles. The fraction of sp³-hybridized carbons (Fsp3) is 0.158.